The molecular weight excluding hydrogens is 294 g/mol. The zero-order valence-electron chi connectivity index (χ0n) is 12.1. The van der Waals surface area contributed by atoms with Gasteiger partial charge in [-0.1, -0.05) is 18.5 Å². The molecule has 1 aromatic heterocycles. The van der Waals surface area contributed by atoms with E-state index in [0.29, 0.717) is 41.3 Å². The van der Waals surface area contributed by atoms with Gasteiger partial charge in [0.15, 0.2) is 18.1 Å². The molecule has 6 nitrogen and oxygen atoms in total. The Hall–Kier alpha value is -1.79. The van der Waals surface area contributed by atoms with Gasteiger partial charge in [0.05, 0.1) is 12.1 Å². The van der Waals surface area contributed by atoms with E-state index in [1.54, 1.807) is 7.11 Å². The number of halogens is 1. The second-order valence-corrected chi connectivity index (χ2v) is 4.79. The summed E-state index contributed by atoms with van der Waals surface area (Å²) in [6.45, 7) is 2.62. The first-order valence-corrected chi connectivity index (χ1v) is 7.06. The predicted molar refractivity (Wildman–Crippen MR) is 78.8 cm³/mol. The van der Waals surface area contributed by atoms with E-state index in [1.807, 2.05) is 19.1 Å². The maximum Gasteiger partial charge on any atom is 0.253 e. The van der Waals surface area contributed by atoms with Crippen molar-refractivity contribution >= 4 is 11.6 Å². The molecular formula is C14H18ClN3O3. The Balaban J connectivity index is 2.14. The SMILES string of the molecule is CCc1nnc(COc2c(Cl)cc(CCN)cc2OC)o1. The molecule has 0 amide bonds. The van der Waals surface area contributed by atoms with Gasteiger partial charge in [-0.05, 0) is 30.7 Å². The van der Waals surface area contributed by atoms with Crippen molar-refractivity contribution in [1.29, 1.82) is 0 Å². The van der Waals surface area contributed by atoms with Crippen LogP contribution in [-0.4, -0.2) is 23.9 Å². The molecule has 0 aliphatic rings. The minimum absolute atomic E-state index is 0.138. The smallest absolute Gasteiger partial charge is 0.253 e. The Morgan fingerprint density at radius 2 is 2.05 bits per heavy atom. The third kappa shape index (κ3) is 3.86. The van der Waals surface area contributed by atoms with Crippen LogP contribution in [0.4, 0.5) is 0 Å². The van der Waals surface area contributed by atoms with E-state index >= 15 is 0 Å². The summed E-state index contributed by atoms with van der Waals surface area (Å²) in [6.07, 6.45) is 1.41. The zero-order chi connectivity index (χ0) is 15.2. The number of aromatic nitrogens is 2. The van der Waals surface area contributed by atoms with Gasteiger partial charge < -0.3 is 19.6 Å². The Bertz CT molecular complexity index is 601. The Morgan fingerprint density at radius 3 is 2.67 bits per heavy atom. The lowest BCUT2D eigenvalue weighted by molar-refractivity contribution is 0.247. The number of aryl methyl sites for hydroxylation is 1. The quantitative estimate of drug-likeness (QED) is 0.845. The van der Waals surface area contributed by atoms with Crippen LogP contribution in [0.25, 0.3) is 0 Å². The van der Waals surface area contributed by atoms with E-state index < -0.39 is 0 Å². The summed E-state index contributed by atoms with van der Waals surface area (Å²) in [6, 6.07) is 3.68. The molecule has 0 spiro atoms. The zero-order valence-corrected chi connectivity index (χ0v) is 12.8. The minimum Gasteiger partial charge on any atom is -0.493 e. The summed E-state index contributed by atoms with van der Waals surface area (Å²) >= 11 is 6.24. The van der Waals surface area contributed by atoms with Gasteiger partial charge in [-0.25, -0.2) is 0 Å². The summed E-state index contributed by atoms with van der Waals surface area (Å²) in [5.74, 6) is 1.98. The Kier molecular flexibility index (Phi) is 5.41. The van der Waals surface area contributed by atoms with Crippen LogP contribution in [0.2, 0.25) is 5.02 Å². The number of benzene rings is 1. The first-order valence-electron chi connectivity index (χ1n) is 6.68. The number of nitrogens with two attached hydrogens (primary N) is 1. The first kappa shape index (κ1) is 15.6. The fourth-order valence-electron chi connectivity index (χ4n) is 1.85. The van der Waals surface area contributed by atoms with Crippen molar-refractivity contribution < 1.29 is 13.9 Å². The van der Waals surface area contributed by atoms with E-state index in [-0.39, 0.29) is 6.61 Å². The van der Waals surface area contributed by atoms with Crippen molar-refractivity contribution in [2.45, 2.75) is 26.4 Å². The maximum atomic E-state index is 6.24. The van der Waals surface area contributed by atoms with Crippen molar-refractivity contribution in [2.75, 3.05) is 13.7 Å². The van der Waals surface area contributed by atoms with Gasteiger partial charge in [0.2, 0.25) is 5.89 Å². The van der Waals surface area contributed by atoms with E-state index in [2.05, 4.69) is 10.2 Å². The van der Waals surface area contributed by atoms with Gasteiger partial charge in [0.25, 0.3) is 5.89 Å². The van der Waals surface area contributed by atoms with Crippen LogP contribution in [0.5, 0.6) is 11.5 Å². The second-order valence-electron chi connectivity index (χ2n) is 4.38. The second kappa shape index (κ2) is 7.28. The predicted octanol–water partition coefficient (Wildman–Crippen LogP) is 2.37. The number of methoxy groups -OCH3 is 1. The van der Waals surface area contributed by atoms with Gasteiger partial charge in [-0.2, -0.15) is 0 Å². The van der Waals surface area contributed by atoms with Crippen LogP contribution in [0.1, 0.15) is 24.3 Å². The standard InChI is InChI=1S/C14H18ClN3O3/c1-3-12-17-18-13(21-12)8-20-14-10(15)6-9(4-5-16)7-11(14)19-2/h6-7H,3-5,8,16H2,1-2H3. The van der Waals surface area contributed by atoms with Crippen molar-refractivity contribution in [3.8, 4) is 11.5 Å². The summed E-state index contributed by atoms with van der Waals surface area (Å²) in [4.78, 5) is 0. The summed E-state index contributed by atoms with van der Waals surface area (Å²) in [5, 5.41) is 8.23. The number of rotatable bonds is 7. The maximum absolute atomic E-state index is 6.24. The van der Waals surface area contributed by atoms with Gasteiger partial charge >= 0.3 is 0 Å². The number of hydrogen-bond donors (Lipinski definition) is 1. The van der Waals surface area contributed by atoms with Crippen LogP contribution < -0.4 is 15.2 Å². The molecule has 0 fully saturated rings. The molecule has 2 rings (SSSR count). The third-order valence-corrected chi connectivity index (χ3v) is 3.15. The van der Waals surface area contributed by atoms with Crippen molar-refractivity contribution in [1.82, 2.24) is 10.2 Å². The molecule has 0 unspecified atom stereocenters. The average Bonchev–Trinajstić information content (AvgIpc) is 2.94. The van der Waals surface area contributed by atoms with E-state index in [4.69, 9.17) is 31.2 Å². The van der Waals surface area contributed by atoms with Crippen molar-refractivity contribution in [3.63, 3.8) is 0 Å². The number of hydrogen-bond acceptors (Lipinski definition) is 6. The van der Waals surface area contributed by atoms with Crippen LogP contribution in [0.15, 0.2) is 16.5 Å². The fraction of sp³-hybridized carbons (Fsp3) is 0.429. The van der Waals surface area contributed by atoms with E-state index in [0.717, 1.165) is 12.0 Å². The Morgan fingerprint density at radius 1 is 1.29 bits per heavy atom. The third-order valence-electron chi connectivity index (χ3n) is 2.87. The average molecular weight is 312 g/mol. The van der Waals surface area contributed by atoms with Crippen molar-refractivity contribution in [3.05, 3.63) is 34.5 Å². The Labute approximate surface area is 128 Å². The number of ether oxygens (including phenoxy) is 2. The molecule has 0 atom stereocenters. The molecule has 0 radical (unpaired) electrons. The summed E-state index contributed by atoms with van der Waals surface area (Å²) in [7, 11) is 1.56. The van der Waals surface area contributed by atoms with Crippen molar-refractivity contribution in [2.24, 2.45) is 5.73 Å². The van der Waals surface area contributed by atoms with Gasteiger partial charge in [-0.3, -0.25) is 0 Å². The highest BCUT2D eigenvalue weighted by atomic mass is 35.5. The van der Waals surface area contributed by atoms with Gasteiger partial charge in [0, 0.05) is 6.42 Å². The molecule has 0 saturated heterocycles. The van der Waals surface area contributed by atoms with E-state index in [9.17, 15) is 0 Å². The largest absolute Gasteiger partial charge is 0.493 e. The lowest BCUT2D eigenvalue weighted by atomic mass is 10.1. The highest BCUT2D eigenvalue weighted by molar-refractivity contribution is 6.32. The van der Waals surface area contributed by atoms with Crippen LogP contribution in [0.3, 0.4) is 0 Å². The molecule has 0 saturated carbocycles. The molecule has 2 aromatic rings. The topological polar surface area (TPSA) is 83.4 Å². The summed E-state index contributed by atoms with van der Waals surface area (Å²) < 4.78 is 16.3. The van der Waals surface area contributed by atoms with Crippen LogP contribution >= 0.6 is 11.6 Å². The first-order chi connectivity index (χ1) is 10.2. The molecule has 0 aliphatic heterocycles. The molecule has 114 valence electrons. The molecule has 1 aromatic carbocycles. The van der Waals surface area contributed by atoms with Gasteiger partial charge in [-0.15, -0.1) is 10.2 Å². The van der Waals surface area contributed by atoms with Gasteiger partial charge in [0.1, 0.15) is 0 Å². The molecule has 1 heterocycles. The highest BCUT2D eigenvalue weighted by Gasteiger charge is 2.14. The molecule has 0 aliphatic carbocycles. The van der Waals surface area contributed by atoms with Crippen LogP contribution in [0, 0.1) is 0 Å². The molecule has 7 heteroatoms. The summed E-state index contributed by atoms with van der Waals surface area (Å²) in [5.41, 5.74) is 6.55. The molecule has 0 bridgehead atoms. The monoisotopic (exact) mass is 311 g/mol. The highest BCUT2D eigenvalue weighted by Crippen LogP contribution is 2.37. The minimum atomic E-state index is 0.138. The number of nitrogens with zero attached hydrogens (tertiary/aromatic N) is 2. The fourth-order valence-corrected chi connectivity index (χ4v) is 2.14. The lowest BCUT2D eigenvalue weighted by Gasteiger charge is -2.13. The lowest BCUT2D eigenvalue weighted by Crippen LogP contribution is -2.04. The van der Waals surface area contributed by atoms with E-state index in [1.165, 1.54) is 0 Å². The van der Waals surface area contributed by atoms with Crippen LogP contribution in [-0.2, 0) is 19.4 Å². The normalized spacial score (nSPS) is 10.7. The molecule has 21 heavy (non-hydrogen) atoms. The molecule has 2 N–H and O–H groups in total.